The highest BCUT2D eigenvalue weighted by atomic mass is 15.0. The van der Waals surface area contributed by atoms with Gasteiger partial charge < -0.3 is 10.3 Å². The maximum atomic E-state index is 6.03. The molecule has 2 aromatic rings. The van der Waals surface area contributed by atoms with Crippen LogP contribution in [-0.4, -0.2) is 16.1 Å². The second-order valence-corrected chi connectivity index (χ2v) is 5.25. The second-order valence-electron chi connectivity index (χ2n) is 5.25. The molecule has 3 heteroatoms. The van der Waals surface area contributed by atoms with Gasteiger partial charge in [0, 0.05) is 37.0 Å². The van der Waals surface area contributed by atoms with Gasteiger partial charge in [-0.1, -0.05) is 30.7 Å². The lowest BCUT2D eigenvalue weighted by molar-refractivity contribution is 0.253. The molecule has 0 radical (unpaired) electrons. The number of benzene rings is 1. The topological polar surface area (TPSA) is 43.8 Å². The van der Waals surface area contributed by atoms with Gasteiger partial charge in [-0.2, -0.15) is 0 Å². The van der Waals surface area contributed by atoms with Crippen molar-refractivity contribution in [3.05, 3.63) is 42.2 Å². The van der Waals surface area contributed by atoms with E-state index in [0.717, 1.165) is 12.4 Å². The Balaban J connectivity index is 2.14. The van der Waals surface area contributed by atoms with E-state index in [1.807, 2.05) is 19.4 Å². The Hall–Kier alpha value is -1.61. The lowest BCUT2D eigenvalue weighted by Gasteiger charge is -2.42. The Kier molecular flexibility index (Phi) is 2.71. The van der Waals surface area contributed by atoms with E-state index in [-0.39, 0.29) is 5.41 Å². The number of rotatable bonds is 3. The van der Waals surface area contributed by atoms with Crippen LogP contribution >= 0.6 is 0 Å². The van der Waals surface area contributed by atoms with Crippen LogP contribution in [0, 0.1) is 0 Å². The summed E-state index contributed by atoms with van der Waals surface area (Å²) in [6.45, 7) is 0.731. The first-order valence-corrected chi connectivity index (χ1v) is 6.54. The van der Waals surface area contributed by atoms with E-state index in [2.05, 4.69) is 33.8 Å². The third-order valence-corrected chi connectivity index (χ3v) is 4.26. The summed E-state index contributed by atoms with van der Waals surface area (Å²) in [6, 6.07) is 8.57. The number of nitrogens with two attached hydrogens (primary N) is 1. The van der Waals surface area contributed by atoms with Gasteiger partial charge in [0.05, 0.1) is 0 Å². The van der Waals surface area contributed by atoms with E-state index < -0.39 is 0 Å². The van der Waals surface area contributed by atoms with E-state index in [1.54, 1.807) is 0 Å². The van der Waals surface area contributed by atoms with Gasteiger partial charge >= 0.3 is 0 Å². The maximum Gasteiger partial charge on any atom is 0.139 e. The minimum absolute atomic E-state index is 0.183. The summed E-state index contributed by atoms with van der Waals surface area (Å²) in [5.41, 5.74) is 8.82. The van der Waals surface area contributed by atoms with Gasteiger partial charge in [-0.25, -0.2) is 4.98 Å². The van der Waals surface area contributed by atoms with Gasteiger partial charge in [-0.05, 0) is 18.4 Å². The number of nitrogens with zero attached hydrogens (tertiary/aromatic N) is 2. The molecule has 1 aromatic heterocycles. The van der Waals surface area contributed by atoms with Crippen molar-refractivity contribution in [1.29, 1.82) is 0 Å². The van der Waals surface area contributed by atoms with Crippen molar-refractivity contribution in [2.24, 2.45) is 12.8 Å². The molecule has 0 saturated heterocycles. The molecule has 0 amide bonds. The molecule has 3 rings (SSSR count). The standard InChI is InChI=1S/C15H19N3/c1-18-10-9-17-14(18)12-5-2-3-6-13(12)15(11-16)7-4-8-15/h2-3,5-6,9-10H,4,7-8,11,16H2,1H3. The molecule has 18 heavy (non-hydrogen) atoms. The molecule has 0 bridgehead atoms. The highest BCUT2D eigenvalue weighted by molar-refractivity contribution is 5.63. The van der Waals surface area contributed by atoms with Crippen molar-refractivity contribution in [2.75, 3.05) is 6.54 Å². The van der Waals surface area contributed by atoms with Gasteiger partial charge in [0.15, 0.2) is 0 Å². The van der Waals surface area contributed by atoms with Crippen molar-refractivity contribution in [3.8, 4) is 11.4 Å². The lowest BCUT2D eigenvalue weighted by atomic mass is 9.63. The van der Waals surface area contributed by atoms with Gasteiger partial charge in [0.1, 0.15) is 5.82 Å². The largest absolute Gasteiger partial charge is 0.334 e. The number of aromatic nitrogens is 2. The summed E-state index contributed by atoms with van der Waals surface area (Å²) in [5, 5.41) is 0. The highest BCUT2D eigenvalue weighted by Gasteiger charge is 2.39. The van der Waals surface area contributed by atoms with Crippen LogP contribution in [0.4, 0.5) is 0 Å². The zero-order valence-electron chi connectivity index (χ0n) is 10.8. The van der Waals surface area contributed by atoms with Crippen LogP contribution in [0.5, 0.6) is 0 Å². The first kappa shape index (κ1) is 11.5. The SMILES string of the molecule is Cn1ccnc1-c1ccccc1C1(CN)CCC1. The molecule has 1 aliphatic rings. The Morgan fingerprint density at radius 2 is 2.11 bits per heavy atom. The zero-order chi connectivity index (χ0) is 12.6. The lowest BCUT2D eigenvalue weighted by Crippen LogP contribution is -2.42. The van der Waals surface area contributed by atoms with E-state index >= 15 is 0 Å². The minimum Gasteiger partial charge on any atom is -0.334 e. The summed E-state index contributed by atoms with van der Waals surface area (Å²) in [6.07, 6.45) is 7.52. The van der Waals surface area contributed by atoms with Gasteiger partial charge in [0.25, 0.3) is 0 Å². The molecule has 0 atom stereocenters. The van der Waals surface area contributed by atoms with Crippen LogP contribution in [0.1, 0.15) is 24.8 Å². The van der Waals surface area contributed by atoms with E-state index in [1.165, 1.54) is 30.4 Å². The Labute approximate surface area is 108 Å². The molecule has 0 aliphatic heterocycles. The smallest absolute Gasteiger partial charge is 0.139 e. The van der Waals surface area contributed by atoms with Gasteiger partial charge in [-0.15, -0.1) is 0 Å². The predicted molar refractivity (Wildman–Crippen MR) is 73.2 cm³/mol. The molecule has 3 nitrogen and oxygen atoms in total. The fraction of sp³-hybridized carbons (Fsp3) is 0.400. The molecule has 1 aliphatic carbocycles. The quantitative estimate of drug-likeness (QED) is 0.897. The molecule has 1 heterocycles. The Bertz CT molecular complexity index is 547. The summed E-state index contributed by atoms with van der Waals surface area (Å²) in [5.74, 6) is 1.03. The summed E-state index contributed by atoms with van der Waals surface area (Å²) < 4.78 is 2.07. The van der Waals surface area contributed by atoms with Crippen molar-refractivity contribution >= 4 is 0 Å². The third-order valence-electron chi connectivity index (χ3n) is 4.26. The fourth-order valence-electron chi connectivity index (χ4n) is 2.95. The summed E-state index contributed by atoms with van der Waals surface area (Å²) >= 11 is 0. The molecule has 0 unspecified atom stereocenters. The Morgan fingerprint density at radius 1 is 1.33 bits per heavy atom. The van der Waals surface area contributed by atoms with Crippen molar-refractivity contribution in [1.82, 2.24) is 9.55 Å². The zero-order valence-corrected chi connectivity index (χ0v) is 10.8. The Morgan fingerprint density at radius 3 is 2.67 bits per heavy atom. The van der Waals surface area contributed by atoms with Crippen LogP contribution in [0.25, 0.3) is 11.4 Å². The molecule has 1 fully saturated rings. The number of aryl methyl sites for hydroxylation is 1. The normalized spacial score (nSPS) is 17.4. The first-order chi connectivity index (χ1) is 8.77. The second kappa shape index (κ2) is 4.25. The van der Waals surface area contributed by atoms with Crippen LogP contribution in [0.2, 0.25) is 0 Å². The first-order valence-electron chi connectivity index (χ1n) is 6.54. The average molecular weight is 241 g/mol. The minimum atomic E-state index is 0.183. The molecule has 1 aromatic carbocycles. The average Bonchev–Trinajstić information content (AvgIpc) is 2.76. The molecule has 94 valence electrons. The molecule has 0 spiro atoms. The number of hydrogen-bond acceptors (Lipinski definition) is 2. The van der Waals surface area contributed by atoms with Crippen molar-refractivity contribution in [2.45, 2.75) is 24.7 Å². The molecular formula is C15H19N3. The fourth-order valence-corrected chi connectivity index (χ4v) is 2.95. The van der Waals surface area contributed by atoms with Crippen LogP contribution in [0.15, 0.2) is 36.7 Å². The summed E-state index contributed by atoms with van der Waals surface area (Å²) in [7, 11) is 2.04. The maximum absolute atomic E-state index is 6.03. The molecular weight excluding hydrogens is 222 g/mol. The van der Waals surface area contributed by atoms with Crippen molar-refractivity contribution < 1.29 is 0 Å². The summed E-state index contributed by atoms with van der Waals surface area (Å²) in [4.78, 5) is 4.48. The molecule has 1 saturated carbocycles. The van der Waals surface area contributed by atoms with Gasteiger partial charge in [0.2, 0.25) is 0 Å². The number of imidazole rings is 1. The van der Waals surface area contributed by atoms with E-state index in [4.69, 9.17) is 5.73 Å². The highest BCUT2D eigenvalue weighted by Crippen LogP contribution is 2.45. The molecule has 2 N–H and O–H groups in total. The van der Waals surface area contributed by atoms with Crippen LogP contribution in [-0.2, 0) is 12.5 Å². The van der Waals surface area contributed by atoms with Gasteiger partial charge in [-0.3, -0.25) is 0 Å². The predicted octanol–water partition coefficient (Wildman–Crippen LogP) is 2.47. The van der Waals surface area contributed by atoms with Crippen LogP contribution < -0.4 is 5.73 Å². The number of hydrogen-bond donors (Lipinski definition) is 1. The monoisotopic (exact) mass is 241 g/mol. The van der Waals surface area contributed by atoms with Crippen LogP contribution in [0.3, 0.4) is 0 Å². The van der Waals surface area contributed by atoms with Crippen molar-refractivity contribution in [3.63, 3.8) is 0 Å². The third kappa shape index (κ3) is 1.58. The van der Waals surface area contributed by atoms with E-state index in [0.29, 0.717) is 0 Å². The van der Waals surface area contributed by atoms with E-state index in [9.17, 15) is 0 Å².